The van der Waals surface area contributed by atoms with Crippen molar-refractivity contribution in [2.24, 2.45) is 0 Å². The Morgan fingerprint density at radius 3 is 2.50 bits per heavy atom. The van der Waals surface area contributed by atoms with E-state index in [-0.39, 0.29) is 5.78 Å². The molecule has 0 atom stereocenters. The second-order valence-corrected chi connectivity index (χ2v) is 6.19. The van der Waals surface area contributed by atoms with Gasteiger partial charge in [-0.3, -0.25) is 4.79 Å². The number of benzene rings is 2. The molecule has 0 radical (unpaired) electrons. The van der Waals surface area contributed by atoms with Gasteiger partial charge in [-0.1, -0.05) is 12.1 Å². The van der Waals surface area contributed by atoms with Crippen molar-refractivity contribution in [3.05, 3.63) is 62.7 Å². The molecular weight excluding hydrogens is 363 g/mol. The van der Waals surface area contributed by atoms with Crippen LogP contribution in [-0.4, -0.2) is 11.9 Å². The maximum absolute atomic E-state index is 12.5. The highest BCUT2D eigenvalue weighted by molar-refractivity contribution is 14.1. The second kappa shape index (κ2) is 5.56. The lowest BCUT2D eigenvalue weighted by Gasteiger charge is -2.08. The van der Waals surface area contributed by atoms with Gasteiger partial charge in [0.1, 0.15) is 5.75 Å². The van der Waals surface area contributed by atoms with Crippen molar-refractivity contribution in [1.82, 2.24) is 0 Å². The zero-order valence-corrected chi connectivity index (χ0v) is 13.4. The van der Waals surface area contributed by atoms with Crippen LogP contribution in [0.4, 0.5) is 0 Å². The number of hydrogen-bond donors (Lipinski definition) is 0. The van der Waals surface area contributed by atoms with Gasteiger partial charge < -0.3 is 4.74 Å². The Morgan fingerprint density at radius 2 is 1.85 bits per heavy atom. The number of aryl methyl sites for hydroxylation is 1. The number of ether oxygens (including phenoxy) is 1. The largest absolute Gasteiger partial charge is 0.490 e. The van der Waals surface area contributed by atoms with Crippen LogP contribution in [0.25, 0.3) is 0 Å². The number of ketones is 1. The molecule has 1 aliphatic carbocycles. The smallest absolute Gasteiger partial charge is 0.194 e. The summed E-state index contributed by atoms with van der Waals surface area (Å²) in [6, 6.07) is 13.3. The van der Waals surface area contributed by atoms with Gasteiger partial charge in [0.2, 0.25) is 0 Å². The average molecular weight is 378 g/mol. The summed E-state index contributed by atoms with van der Waals surface area (Å²) in [6.45, 7) is 2.02. The number of halogens is 1. The Bertz CT molecular complexity index is 643. The summed E-state index contributed by atoms with van der Waals surface area (Å²) in [5.41, 5.74) is 2.60. The first kappa shape index (κ1) is 13.6. The third-order valence-corrected chi connectivity index (χ3v) is 4.81. The highest BCUT2D eigenvalue weighted by Crippen LogP contribution is 2.27. The van der Waals surface area contributed by atoms with Crippen LogP contribution in [0.1, 0.15) is 34.3 Å². The molecule has 3 rings (SSSR count). The van der Waals surface area contributed by atoms with Crippen LogP contribution in [0.5, 0.6) is 5.75 Å². The van der Waals surface area contributed by atoms with Gasteiger partial charge in [0.05, 0.1) is 6.10 Å². The Kier molecular flexibility index (Phi) is 3.78. The lowest BCUT2D eigenvalue weighted by atomic mass is 10.0. The summed E-state index contributed by atoms with van der Waals surface area (Å²) in [4.78, 5) is 12.5. The Labute approximate surface area is 132 Å². The molecule has 2 aromatic rings. The number of carbonyl (C=O) groups is 1. The molecule has 3 heteroatoms. The molecule has 102 valence electrons. The SMILES string of the molecule is Cc1cccc(C(=O)c2ccc(OC3CC3)cc2)c1I. The minimum Gasteiger partial charge on any atom is -0.490 e. The predicted octanol–water partition coefficient (Wildman–Crippen LogP) is 4.37. The fourth-order valence-corrected chi connectivity index (χ4v) is 2.65. The van der Waals surface area contributed by atoms with Gasteiger partial charge in [0.25, 0.3) is 0 Å². The van der Waals surface area contributed by atoms with Crippen molar-refractivity contribution < 1.29 is 9.53 Å². The molecular formula is C17H15IO2. The fraction of sp³-hybridized carbons (Fsp3) is 0.235. The minimum absolute atomic E-state index is 0.0658. The van der Waals surface area contributed by atoms with Crippen LogP contribution in [0.2, 0.25) is 0 Å². The number of rotatable bonds is 4. The van der Waals surface area contributed by atoms with E-state index >= 15 is 0 Å². The molecule has 2 nitrogen and oxygen atoms in total. The molecule has 0 aliphatic heterocycles. The van der Waals surface area contributed by atoms with Crippen molar-refractivity contribution in [3.8, 4) is 5.75 Å². The maximum atomic E-state index is 12.5. The minimum atomic E-state index is 0.0658. The molecule has 0 amide bonds. The van der Waals surface area contributed by atoms with Crippen LogP contribution in [0, 0.1) is 10.5 Å². The van der Waals surface area contributed by atoms with Crippen molar-refractivity contribution in [2.45, 2.75) is 25.9 Å². The molecule has 0 spiro atoms. The topological polar surface area (TPSA) is 26.3 Å². The van der Waals surface area contributed by atoms with Gasteiger partial charge in [-0.25, -0.2) is 0 Å². The summed E-state index contributed by atoms with van der Waals surface area (Å²) in [7, 11) is 0. The van der Waals surface area contributed by atoms with Crippen molar-refractivity contribution in [1.29, 1.82) is 0 Å². The van der Waals surface area contributed by atoms with E-state index in [9.17, 15) is 4.79 Å². The van der Waals surface area contributed by atoms with Crippen LogP contribution >= 0.6 is 22.6 Å². The molecule has 0 saturated heterocycles. The normalized spacial score (nSPS) is 14.1. The van der Waals surface area contributed by atoms with Crippen molar-refractivity contribution in [3.63, 3.8) is 0 Å². The Hall–Kier alpha value is -1.36. The van der Waals surface area contributed by atoms with Gasteiger partial charge in [0, 0.05) is 14.7 Å². The van der Waals surface area contributed by atoms with Crippen LogP contribution in [-0.2, 0) is 0 Å². The number of carbonyl (C=O) groups excluding carboxylic acids is 1. The number of hydrogen-bond acceptors (Lipinski definition) is 2. The molecule has 0 bridgehead atoms. The fourth-order valence-electron chi connectivity index (χ4n) is 2.04. The summed E-state index contributed by atoms with van der Waals surface area (Å²) < 4.78 is 6.72. The molecule has 0 aromatic heterocycles. The summed E-state index contributed by atoms with van der Waals surface area (Å²) in [5, 5.41) is 0. The summed E-state index contributed by atoms with van der Waals surface area (Å²) in [5.74, 6) is 0.916. The zero-order chi connectivity index (χ0) is 14.1. The quantitative estimate of drug-likeness (QED) is 0.584. The van der Waals surface area contributed by atoms with E-state index in [1.54, 1.807) is 0 Å². The van der Waals surface area contributed by atoms with Crippen LogP contribution < -0.4 is 4.74 Å². The highest BCUT2D eigenvalue weighted by Gasteiger charge is 2.23. The van der Waals surface area contributed by atoms with E-state index < -0.39 is 0 Å². The van der Waals surface area contributed by atoms with E-state index in [2.05, 4.69) is 22.6 Å². The van der Waals surface area contributed by atoms with E-state index in [4.69, 9.17) is 4.74 Å². The van der Waals surface area contributed by atoms with E-state index in [1.807, 2.05) is 49.4 Å². The van der Waals surface area contributed by atoms with E-state index in [0.717, 1.165) is 33.3 Å². The molecule has 1 aliphatic rings. The van der Waals surface area contributed by atoms with E-state index in [1.165, 1.54) is 0 Å². The van der Waals surface area contributed by atoms with Crippen molar-refractivity contribution >= 4 is 28.4 Å². The Balaban J connectivity index is 1.84. The zero-order valence-electron chi connectivity index (χ0n) is 11.2. The summed E-state index contributed by atoms with van der Waals surface area (Å²) >= 11 is 2.23. The van der Waals surface area contributed by atoms with Gasteiger partial charge in [-0.2, -0.15) is 0 Å². The van der Waals surface area contributed by atoms with E-state index in [0.29, 0.717) is 11.7 Å². The average Bonchev–Trinajstić information content (AvgIpc) is 3.26. The monoisotopic (exact) mass is 378 g/mol. The highest BCUT2D eigenvalue weighted by atomic mass is 127. The standard InChI is InChI=1S/C17H15IO2/c1-11-3-2-4-15(16(11)18)17(19)12-5-7-13(8-6-12)20-14-9-10-14/h2-8,14H,9-10H2,1H3. The molecule has 0 N–H and O–H groups in total. The first-order chi connectivity index (χ1) is 9.65. The third kappa shape index (κ3) is 2.87. The molecule has 2 aromatic carbocycles. The van der Waals surface area contributed by atoms with Gasteiger partial charge in [0.15, 0.2) is 5.78 Å². The first-order valence-electron chi connectivity index (χ1n) is 6.71. The first-order valence-corrected chi connectivity index (χ1v) is 7.79. The van der Waals surface area contributed by atoms with Gasteiger partial charge in [-0.05, 0) is 78.3 Å². The maximum Gasteiger partial charge on any atom is 0.194 e. The van der Waals surface area contributed by atoms with Crippen molar-refractivity contribution in [2.75, 3.05) is 0 Å². The molecule has 1 saturated carbocycles. The third-order valence-electron chi connectivity index (χ3n) is 3.38. The molecule has 0 unspecified atom stereocenters. The van der Waals surface area contributed by atoms with Gasteiger partial charge in [-0.15, -0.1) is 0 Å². The second-order valence-electron chi connectivity index (χ2n) is 5.11. The van der Waals surface area contributed by atoms with Gasteiger partial charge >= 0.3 is 0 Å². The Morgan fingerprint density at radius 1 is 1.15 bits per heavy atom. The summed E-state index contributed by atoms with van der Waals surface area (Å²) in [6.07, 6.45) is 2.67. The molecule has 20 heavy (non-hydrogen) atoms. The predicted molar refractivity (Wildman–Crippen MR) is 87.4 cm³/mol. The van der Waals surface area contributed by atoms with Crippen LogP contribution in [0.3, 0.4) is 0 Å². The van der Waals surface area contributed by atoms with Crippen LogP contribution in [0.15, 0.2) is 42.5 Å². The molecule has 0 heterocycles. The lowest BCUT2D eigenvalue weighted by molar-refractivity contribution is 0.103. The molecule has 1 fully saturated rings. The lowest BCUT2D eigenvalue weighted by Crippen LogP contribution is -2.05.